The fraction of sp³-hybridized carbons (Fsp3) is 0.294. The van der Waals surface area contributed by atoms with E-state index in [1.165, 1.54) is 11.1 Å². The SMILES string of the molecule is C.C.COc1ccc(Cc2ccc(OC)cc2)cc1. The summed E-state index contributed by atoms with van der Waals surface area (Å²) in [5.41, 5.74) is 2.55. The molecule has 0 aliphatic carbocycles. The Balaban J connectivity index is 0.00000162. The van der Waals surface area contributed by atoms with Crippen molar-refractivity contribution in [2.75, 3.05) is 14.2 Å². The van der Waals surface area contributed by atoms with Crippen molar-refractivity contribution >= 4 is 0 Å². The zero-order valence-corrected chi connectivity index (χ0v) is 10.1. The van der Waals surface area contributed by atoms with E-state index in [1.54, 1.807) is 14.2 Å². The molecule has 0 aliphatic rings. The highest BCUT2D eigenvalue weighted by Crippen LogP contribution is 2.17. The van der Waals surface area contributed by atoms with Gasteiger partial charge in [-0.3, -0.25) is 0 Å². The van der Waals surface area contributed by atoms with Gasteiger partial charge in [0.15, 0.2) is 0 Å². The van der Waals surface area contributed by atoms with Crippen molar-refractivity contribution in [1.29, 1.82) is 0 Å². The molecule has 0 fully saturated rings. The smallest absolute Gasteiger partial charge is 0.118 e. The molecule has 0 saturated carbocycles. The second kappa shape index (κ2) is 8.20. The van der Waals surface area contributed by atoms with Crippen LogP contribution in [0.5, 0.6) is 11.5 Å². The standard InChI is InChI=1S/C15H16O2.2CH4/c1-16-14-7-3-12(4-8-14)11-13-5-9-15(17-2)10-6-13;;/h3-10H,11H2,1-2H3;2*1H4. The third-order valence-corrected chi connectivity index (χ3v) is 2.73. The van der Waals surface area contributed by atoms with Gasteiger partial charge in [0.2, 0.25) is 0 Å². The van der Waals surface area contributed by atoms with Crippen molar-refractivity contribution in [1.82, 2.24) is 0 Å². The Bertz CT molecular complexity index is 412. The van der Waals surface area contributed by atoms with E-state index in [1.807, 2.05) is 24.3 Å². The highest BCUT2D eigenvalue weighted by atomic mass is 16.5. The normalized spacial score (nSPS) is 8.95. The Morgan fingerprint density at radius 1 is 0.632 bits per heavy atom. The minimum atomic E-state index is 0. The highest BCUT2D eigenvalue weighted by molar-refractivity contribution is 5.33. The number of hydrogen-bond donors (Lipinski definition) is 0. The Morgan fingerprint density at radius 2 is 0.947 bits per heavy atom. The van der Waals surface area contributed by atoms with Gasteiger partial charge in [0, 0.05) is 0 Å². The van der Waals surface area contributed by atoms with Crippen molar-refractivity contribution < 1.29 is 9.47 Å². The Morgan fingerprint density at radius 3 is 1.21 bits per heavy atom. The van der Waals surface area contributed by atoms with E-state index in [0.29, 0.717) is 0 Å². The average Bonchev–Trinajstić information content (AvgIpc) is 2.40. The third-order valence-electron chi connectivity index (χ3n) is 2.73. The van der Waals surface area contributed by atoms with Gasteiger partial charge in [0.1, 0.15) is 11.5 Å². The topological polar surface area (TPSA) is 18.5 Å². The summed E-state index contributed by atoms with van der Waals surface area (Å²) in [6.45, 7) is 0. The third kappa shape index (κ3) is 4.66. The van der Waals surface area contributed by atoms with Crippen LogP contribution in [-0.2, 0) is 6.42 Å². The van der Waals surface area contributed by atoms with Crippen LogP contribution in [0.4, 0.5) is 0 Å². The summed E-state index contributed by atoms with van der Waals surface area (Å²) in [7, 11) is 3.36. The van der Waals surface area contributed by atoms with Gasteiger partial charge in [-0.2, -0.15) is 0 Å². The van der Waals surface area contributed by atoms with Gasteiger partial charge in [-0.1, -0.05) is 39.1 Å². The van der Waals surface area contributed by atoms with Gasteiger partial charge in [-0.25, -0.2) is 0 Å². The van der Waals surface area contributed by atoms with Crippen LogP contribution in [0.1, 0.15) is 26.0 Å². The van der Waals surface area contributed by atoms with Crippen LogP contribution in [0.3, 0.4) is 0 Å². The Labute approximate surface area is 117 Å². The molecule has 0 aromatic heterocycles. The van der Waals surface area contributed by atoms with E-state index in [-0.39, 0.29) is 14.9 Å². The van der Waals surface area contributed by atoms with Gasteiger partial charge in [-0.05, 0) is 41.8 Å². The predicted molar refractivity (Wildman–Crippen MR) is 82.3 cm³/mol. The average molecular weight is 260 g/mol. The molecular weight excluding hydrogens is 236 g/mol. The molecule has 0 bridgehead atoms. The van der Waals surface area contributed by atoms with E-state index in [9.17, 15) is 0 Å². The maximum atomic E-state index is 5.13. The van der Waals surface area contributed by atoms with Gasteiger partial charge >= 0.3 is 0 Å². The molecule has 2 aromatic carbocycles. The molecule has 2 aromatic rings. The summed E-state index contributed by atoms with van der Waals surface area (Å²) in [4.78, 5) is 0. The lowest BCUT2D eigenvalue weighted by Gasteiger charge is -2.05. The molecule has 104 valence electrons. The van der Waals surface area contributed by atoms with Crippen LogP contribution in [0.2, 0.25) is 0 Å². The second-order valence-corrected chi connectivity index (χ2v) is 3.87. The van der Waals surface area contributed by atoms with E-state index < -0.39 is 0 Å². The lowest BCUT2D eigenvalue weighted by atomic mass is 10.0. The monoisotopic (exact) mass is 260 g/mol. The first kappa shape index (κ1) is 17.0. The maximum Gasteiger partial charge on any atom is 0.118 e. The maximum absolute atomic E-state index is 5.13. The fourth-order valence-corrected chi connectivity index (χ4v) is 1.72. The molecule has 0 heterocycles. The van der Waals surface area contributed by atoms with Crippen molar-refractivity contribution in [2.45, 2.75) is 21.3 Å². The van der Waals surface area contributed by atoms with Crippen molar-refractivity contribution in [3.05, 3.63) is 59.7 Å². The first-order chi connectivity index (χ1) is 8.31. The van der Waals surface area contributed by atoms with Crippen LogP contribution in [-0.4, -0.2) is 14.2 Å². The molecule has 0 atom stereocenters. The molecule has 0 unspecified atom stereocenters. The summed E-state index contributed by atoms with van der Waals surface area (Å²) in [6.07, 6.45) is 0.925. The molecule has 0 N–H and O–H groups in total. The highest BCUT2D eigenvalue weighted by Gasteiger charge is 1.98. The summed E-state index contributed by atoms with van der Waals surface area (Å²) in [5.74, 6) is 1.78. The largest absolute Gasteiger partial charge is 0.497 e. The minimum absolute atomic E-state index is 0. The molecule has 0 radical (unpaired) electrons. The van der Waals surface area contributed by atoms with Crippen LogP contribution in [0, 0.1) is 0 Å². The number of methoxy groups -OCH3 is 2. The molecule has 0 saturated heterocycles. The van der Waals surface area contributed by atoms with Gasteiger partial charge < -0.3 is 9.47 Å². The van der Waals surface area contributed by atoms with Crippen molar-refractivity contribution in [3.63, 3.8) is 0 Å². The molecule has 0 amide bonds. The first-order valence-electron chi connectivity index (χ1n) is 5.57. The Hall–Kier alpha value is -1.96. The predicted octanol–water partition coefficient (Wildman–Crippen LogP) is 4.57. The molecular formula is C17H24O2. The van der Waals surface area contributed by atoms with Crippen molar-refractivity contribution in [3.8, 4) is 11.5 Å². The van der Waals surface area contributed by atoms with Crippen LogP contribution < -0.4 is 9.47 Å². The zero-order chi connectivity index (χ0) is 12.1. The molecule has 2 nitrogen and oxygen atoms in total. The molecule has 0 aliphatic heterocycles. The lowest BCUT2D eigenvalue weighted by molar-refractivity contribution is 0.414. The fourth-order valence-electron chi connectivity index (χ4n) is 1.72. The number of hydrogen-bond acceptors (Lipinski definition) is 2. The molecule has 19 heavy (non-hydrogen) atoms. The first-order valence-corrected chi connectivity index (χ1v) is 5.57. The quantitative estimate of drug-likeness (QED) is 0.802. The summed E-state index contributed by atoms with van der Waals surface area (Å²) in [5, 5.41) is 0. The van der Waals surface area contributed by atoms with Gasteiger partial charge in [0.05, 0.1) is 14.2 Å². The zero-order valence-electron chi connectivity index (χ0n) is 10.1. The van der Waals surface area contributed by atoms with Crippen LogP contribution in [0.25, 0.3) is 0 Å². The molecule has 2 heteroatoms. The summed E-state index contributed by atoms with van der Waals surface area (Å²) < 4.78 is 10.3. The molecule has 2 rings (SSSR count). The summed E-state index contributed by atoms with van der Waals surface area (Å²) in [6, 6.07) is 16.3. The minimum Gasteiger partial charge on any atom is -0.497 e. The summed E-state index contributed by atoms with van der Waals surface area (Å²) >= 11 is 0. The van der Waals surface area contributed by atoms with E-state index >= 15 is 0 Å². The second-order valence-electron chi connectivity index (χ2n) is 3.87. The Kier molecular flexibility index (Phi) is 7.35. The van der Waals surface area contributed by atoms with Gasteiger partial charge in [0.25, 0.3) is 0 Å². The number of ether oxygens (including phenoxy) is 2. The number of benzene rings is 2. The lowest BCUT2D eigenvalue weighted by Crippen LogP contribution is -1.89. The van der Waals surface area contributed by atoms with E-state index in [2.05, 4.69) is 24.3 Å². The van der Waals surface area contributed by atoms with E-state index in [4.69, 9.17) is 9.47 Å². The van der Waals surface area contributed by atoms with E-state index in [0.717, 1.165) is 17.9 Å². The number of rotatable bonds is 4. The van der Waals surface area contributed by atoms with Gasteiger partial charge in [-0.15, -0.1) is 0 Å². The molecule has 0 spiro atoms. The van der Waals surface area contributed by atoms with Crippen molar-refractivity contribution in [2.24, 2.45) is 0 Å². The van der Waals surface area contributed by atoms with Crippen LogP contribution >= 0.6 is 0 Å². The van der Waals surface area contributed by atoms with Crippen LogP contribution in [0.15, 0.2) is 48.5 Å².